The van der Waals surface area contributed by atoms with Crippen molar-refractivity contribution in [3.63, 3.8) is 0 Å². The van der Waals surface area contributed by atoms with Gasteiger partial charge < -0.3 is 19.1 Å². The van der Waals surface area contributed by atoms with Crippen molar-refractivity contribution in [2.24, 2.45) is 11.8 Å². The van der Waals surface area contributed by atoms with Gasteiger partial charge in [0.2, 0.25) is 0 Å². The fourth-order valence-corrected chi connectivity index (χ4v) is 3.75. The normalized spacial score (nSPS) is 10.9. The molecule has 0 radical (unpaired) electrons. The lowest BCUT2D eigenvalue weighted by Gasteiger charge is -2.21. The molecule has 1 aromatic carbocycles. The summed E-state index contributed by atoms with van der Waals surface area (Å²) in [5.74, 6) is 3.79. The molecule has 0 bridgehead atoms. The second kappa shape index (κ2) is 13.6. The third-order valence-corrected chi connectivity index (χ3v) is 6.08. The SMILES string of the molecule is COc1ccc2c(OCCC(C)C)ccnc2c1.COc1cnc2c(N(C)CCC(C)C)ccnc2c1. The van der Waals surface area contributed by atoms with Crippen molar-refractivity contribution in [3.05, 3.63) is 55.0 Å². The monoisotopic (exact) mass is 504 g/mol. The highest BCUT2D eigenvalue weighted by Gasteiger charge is 2.10. The lowest BCUT2D eigenvalue weighted by Crippen LogP contribution is -2.20. The van der Waals surface area contributed by atoms with Crippen LogP contribution in [0.5, 0.6) is 17.2 Å². The van der Waals surface area contributed by atoms with Gasteiger partial charge in [-0.1, -0.05) is 27.7 Å². The zero-order valence-electron chi connectivity index (χ0n) is 23.2. The van der Waals surface area contributed by atoms with E-state index in [4.69, 9.17) is 14.2 Å². The number of hydrogen-bond donors (Lipinski definition) is 0. The molecule has 0 amide bonds. The van der Waals surface area contributed by atoms with Crippen molar-refractivity contribution < 1.29 is 14.2 Å². The van der Waals surface area contributed by atoms with E-state index in [2.05, 4.69) is 54.6 Å². The zero-order valence-corrected chi connectivity index (χ0v) is 23.2. The van der Waals surface area contributed by atoms with Crippen LogP contribution < -0.4 is 19.1 Å². The van der Waals surface area contributed by atoms with Gasteiger partial charge in [-0.25, -0.2) is 4.98 Å². The van der Waals surface area contributed by atoms with Gasteiger partial charge in [0.25, 0.3) is 0 Å². The van der Waals surface area contributed by atoms with Crippen molar-refractivity contribution >= 4 is 27.6 Å². The molecular formula is C30H40N4O3. The first-order valence-electron chi connectivity index (χ1n) is 12.9. The molecule has 198 valence electrons. The number of pyridine rings is 3. The summed E-state index contributed by atoms with van der Waals surface area (Å²) >= 11 is 0. The van der Waals surface area contributed by atoms with Crippen molar-refractivity contribution in [3.8, 4) is 17.2 Å². The molecule has 0 spiro atoms. The molecule has 0 aliphatic carbocycles. The Morgan fingerprint density at radius 3 is 2.16 bits per heavy atom. The number of nitrogens with zero attached hydrogens (tertiary/aromatic N) is 4. The molecule has 0 fully saturated rings. The molecule has 0 saturated carbocycles. The molecule has 0 aliphatic rings. The largest absolute Gasteiger partial charge is 0.497 e. The molecule has 3 heterocycles. The second-order valence-corrected chi connectivity index (χ2v) is 9.90. The van der Waals surface area contributed by atoms with Crippen LogP contribution in [0.2, 0.25) is 0 Å². The highest BCUT2D eigenvalue weighted by Crippen LogP contribution is 2.27. The molecule has 4 aromatic rings. The quantitative estimate of drug-likeness (QED) is 0.235. The highest BCUT2D eigenvalue weighted by atomic mass is 16.5. The Kier molecular flexibility index (Phi) is 10.3. The number of rotatable bonds is 10. The summed E-state index contributed by atoms with van der Waals surface area (Å²) in [5, 5.41) is 1.03. The Morgan fingerprint density at radius 2 is 1.46 bits per heavy atom. The highest BCUT2D eigenvalue weighted by molar-refractivity contribution is 5.88. The number of benzene rings is 1. The molecule has 7 heteroatoms. The van der Waals surface area contributed by atoms with Crippen LogP contribution >= 0.6 is 0 Å². The van der Waals surface area contributed by atoms with E-state index < -0.39 is 0 Å². The first-order valence-corrected chi connectivity index (χ1v) is 12.9. The van der Waals surface area contributed by atoms with E-state index in [0.29, 0.717) is 11.8 Å². The van der Waals surface area contributed by atoms with Gasteiger partial charge in [0.05, 0.1) is 43.7 Å². The Hall–Kier alpha value is -3.61. The van der Waals surface area contributed by atoms with Crippen molar-refractivity contribution in [1.29, 1.82) is 0 Å². The fraction of sp³-hybridized carbons (Fsp3) is 0.433. The van der Waals surface area contributed by atoms with E-state index in [9.17, 15) is 0 Å². The number of hydrogen-bond acceptors (Lipinski definition) is 7. The van der Waals surface area contributed by atoms with Crippen molar-refractivity contribution in [2.45, 2.75) is 40.5 Å². The number of anilines is 1. The summed E-state index contributed by atoms with van der Waals surface area (Å²) in [5.41, 5.74) is 3.81. The van der Waals surface area contributed by atoms with E-state index in [0.717, 1.165) is 70.9 Å². The number of methoxy groups -OCH3 is 2. The Labute approximate surface area is 220 Å². The fourth-order valence-electron chi connectivity index (χ4n) is 3.75. The van der Waals surface area contributed by atoms with Crippen LogP contribution in [-0.4, -0.2) is 49.4 Å². The maximum atomic E-state index is 5.82. The maximum absolute atomic E-state index is 5.82. The number of aromatic nitrogens is 3. The molecule has 0 unspecified atom stereocenters. The second-order valence-electron chi connectivity index (χ2n) is 9.90. The van der Waals surface area contributed by atoms with E-state index in [-0.39, 0.29) is 0 Å². The molecule has 3 aromatic heterocycles. The molecule has 4 rings (SSSR count). The topological polar surface area (TPSA) is 69.6 Å². The predicted molar refractivity (Wildman–Crippen MR) is 152 cm³/mol. The number of fused-ring (bicyclic) bond motifs is 2. The third-order valence-electron chi connectivity index (χ3n) is 6.08. The minimum atomic E-state index is 0.651. The van der Waals surface area contributed by atoms with Gasteiger partial charge in [-0.3, -0.25) is 9.97 Å². The van der Waals surface area contributed by atoms with Gasteiger partial charge in [0.1, 0.15) is 22.8 Å². The van der Waals surface area contributed by atoms with E-state index in [1.54, 1.807) is 26.6 Å². The van der Waals surface area contributed by atoms with Gasteiger partial charge >= 0.3 is 0 Å². The van der Waals surface area contributed by atoms with Crippen LogP contribution in [0, 0.1) is 11.8 Å². The van der Waals surface area contributed by atoms with Gasteiger partial charge in [0, 0.05) is 43.5 Å². The summed E-state index contributed by atoms with van der Waals surface area (Å²) in [6.07, 6.45) is 7.55. The first kappa shape index (κ1) is 28.0. The lowest BCUT2D eigenvalue weighted by atomic mass is 10.1. The van der Waals surface area contributed by atoms with Crippen LogP contribution in [0.1, 0.15) is 40.5 Å². The Morgan fingerprint density at radius 1 is 0.784 bits per heavy atom. The molecule has 37 heavy (non-hydrogen) atoms. The third kappa shape index (κ3) is 7.94. The van der Waals surface area contributed by atoms with Crippen LogP contribution in [0.25, 0.3) is 21.9 Å². The number of ether oxygens (including phenoxy) is 3. The van der Waals surface area contributed by atoms with Crippen LogP contribution in [0.15, 0.2) is 55.0 Å². The Balaban J connectivity index is 0.000000206. The lowest BCUT2D eigenvalue weighted by molar-refractivity contribution is 0.292. The summed E-state index contributed by atoms with van der Waals surface area (Å²) < 4.78 is 16.2. The van der Waals surface area contributed by atoms with Crippen molar-refractivity contribution in [2.75, 3.05) is 39.3 Å². The van der Waals surface area contributed by atoms with E-state index in [1.165, 1.54) is 0 Å². The molecule has 0 N–H and O–H groups in total. The molecule has 0 atom stereocenters. The van der Waals surface area contributed by atoms with Gasteiger partial charge in [0.15, 0.2) is 0 Å². The standard InChI is InChI=1S/C15H21N3O.C15H19NO2/c1-11(2)6-8-18(3)14-5-7-16-13-9-12(19-4)10-17-15(13)14;1-11(2)7-9-18-15-6-8-16-14-10-12(17-3)4-5-13(14)15/h5,7,9-11H,6,8H2,1-4H3;4-6,8,10-11H,7,9H2,1-3H3. The zero-order chi connectivity index (χ0) is 26.8. The molecular weight excluding hydrogens is 464 g/mol. The molecule has 0 aliphatic heterocycles. The Bertz CT molecular complexity index is 1280. The maximum Gasteiger partial charge on any atom is 0.139 e. The minimum Gasteiger partial charge on any atom is -0.497 e. The summed E-state index contributed by atoms with van der Waals surface area (Å²) in [4.78, 5) is 15.4. The summed E-state index contributed by atoms with van der Waals surface area (Å²) in [6, 6.07) is 11.7. The summed E-state index contributed by atoms with van der Waals surface area (Å²) in [7, 11) is 5.40. The summed E-state index contributed by atoms with van der Waals surface area (Å²) in [6.45, 7) is 10.6. The van der Waals surface area contributed by atoms with Gasteiger partial charge in [-0.15, -0.1) is 0 Å². The van der Waals surface area contributed by atoms with Crippen molar-refractivity contribution in [1.82, 2.24) is 15.0 Å². The van der Waals surface area contributed by atoms with Gasteiger partial charge in [-0.05, 0) is 48.9 Å². The average molecular weight is 505 g/mol. The van der Waals surface area contributed by atoms with Gasteiger partial charge in [-0.2, -0.15) is 0 Å². The van der Waals surface area contributed by atoms with Crippen LogP contribution in [-0.2, 0) is 0 Å². The predicted octanol–water partition coefficient (Wildman–Crippen LogP) is 6.79. The average Bonchev–Trinajstić information content (AvgIpc) is 2.90. The molecule has 0 saturated heterocycles. The van der Waals surface area contributed by atoms with E-state index >= 15 is 0 Å². The first-order chi connectivity index (χ1) is 17.8. The van der Waals surface area contributed by atoms with Crippen LogP contribution in [0.3, 0.4) is 0 Å². The molecule has 7 nitrogen and oxygen atoms in total. The van der Waals surface area contributed by atoms with Crippen LogP contribution in [0.4, 0.5) is 5.69 Å². The minimum absolute atomic E-state index is 0.651. The van der Waals surface area contributed by atoms with E-state index in [1.807, 2.05) is 42.6 Å². The smallest absolute Gasteiger partial charge is 0.139 e.